The third-order valence-electron chi connectivity index (χ3n) is 1.29. The fraction of sp³-hybridized carbons (Fsp3) is 0.857. The predicted octanol–water partition coefficient (Wildman–Crippen LogP) is 1.26. The summed E-state index contributed by atoms with van der Waals surface area (Å²) in [6.07, 6.45) is 4.23. The maximum atomic E-state index is 11.5. The van der Waals surface area contributed by atoms with Gasteiger partial charge in [0, 0.05) is 6.54 Å². The molecule has 0 heterocycles. The Morgan fingerprint density at radius 2 is 1.90 bits per heavy atom. The molecule has 2 nitrogen and oxygen atoms in total. The number of amides is 1. The second kappa shape index (κ2) is 8.40. The summed E-state index contributed by atoms with van der Waals surface area (Å²) in [4.78, 5) is 9.72. The number of alkyl halides is 1. The number of carbonyl (C=O) groups is 1. The Kier molecular flexibility index (Phi) is 7.90. The monoisotopic (exact) mass is 147 g/mol. The first-order valence-corrected chi connectivity index (χ1v) is 3.65. The van der Waals surface area contributed by atoms with Gasteiger partial charge in [0.15, 0.2) is 0 Å². The summed E-state index contributed by atoms with van der Waals surface area (Å²) in [5, 5.41) is 2.55. The van der Waals surface area contributed by atoms with Gasteiger partial charge in [0.2, 0.25) is 6.41 Å². The standard InChI is InChI=1S/C7H14FNO/c8-5-3-1-2-4-6-9-7-10/h7H,1-6H2,(H,9,10). The van der Waals surface area contributed by atoms with Gasteiger partial charge >= 0.3 is 0 Å². The first-order chi connectivity index (χ1) is 4.91. The van der Waals surface area contributed by atoms with Crippen LogP contribution in [0.1, 0.15) is 25.7 Å². The Hall–Kier alpha value is -0.600. The minimum Gasteiger partial charge on any atom is -0.359 e. The Morgan fingerprint density at radius 1 is 1.20 bits per heavy atom. The smallest absolute Gasteiger partial charge is 0.207 e. The minimum absolute atomic E-state index is 0.221. The average Bonchev–Trinajstić information content (AvgIpc) is 1.97. The lowest BCUT2D eigenvalue weighted by molar-refractivity contribution is -0.109. The van der Waals surface area contributed by atoms with Crippen molar-refractivity contribution in [2.75, 3.05) is 13.2 Å². The normalized spacial score (nSPS) is 9.30. The molecule has 0 unspecified atom stereocenters. The number of nitrogens with one attached hydrogen (secondary N) is 1. The van der Waals surface area contributed by atoms with E-state index in [1.807, 2.05) is 0 Å². The summed E-state index contributed by atoms with van der Waals surface area (Å²) < 4.78 is 11.5. The van der Waals surface area contributed by atoms with Gasteiger partial charge in [-0.15, -0.1) is 0 Å². The van der Waals surface area contributed by atoms with Gasteiger partial charge in [-0.1, -0.05) is 12.8 Å². The number of hydrogen-bond donors (Lipinski definition) is 1. The van der Waals surface area contributed by atoms with Crippen molar-refractivity contribution in [1.29, 1.82) is 0 Å². The molecule has 0 aromatic carbocycles. The lowest BCUT2D eigenvalue weighted by atomic mass is 10.2. The highest BCUT2D eigenvalue weighted by Gasteiger charge is 1.87. The molecule has 0 spiro atoms. The molecule has 0 rings (SSSR count). The van der Waals surface area contributed by atoms with Crippen LogP contribution >= 0.6 is 0 Å². The topological polar surface area (TPSA) is 29.1 Å². The number of unbranched alkanes of at least 4 members (excludes halogenated alkanes) is 3. The Labute approximate surface area is 60.8 Å². The summed E-state index contributed by atoms with van der Waals surface area (Å²) in [7, 11) is 0. The van der Waals surface area contributed by atoms with Crippen LogP contribution in [0, 0.1) is 0 Å². The van der Waals surface area contributed by atoms with Crippen LogP contribution in [0.2, 0.25) is 0 Å². The van der Waals surface area contributed by atoms with Crippen molar-refractivity contribution < 1.29 is 9.18 Å². The lowest BCUT2D eigenvalue weighted by Crippen LogP contribution is -2.11. The highest BCUT2D eigenvalue weighted by molar-refractivity contribution is 5.45. The quantitative estimate of drug-likeness (QED) is 0.426. The van der Waals surface area contributed by atoms with Crippen LogP contribution < -0.4 is 5.32 Å². The molecule has 0 radical (unpaired) electrons. The largest absolute Gasteiger partial charge is 0.359 e. The van der Waals surface area contributed by atoms with Crippen LogP contribution in [-0.2, 0) is 4.79 Å². The van der Waals surface area contributed by atoms with Crippen molar-refractivity contribution >= 4 is 6.41 Å². The number of hydrogen-bond acceptors (Lipinski definition) is 1. The van der Waals surface area contributed by atoms with E-state index >= 15 is 0 Å². The number of carbonyl (C=O) groups excluding carboxylic acids is 1. The third kappa shape index (κ3) is 7.40. The molecule has 0 aromatic rings. The maximum Gasteiger partial charge on any atom is 0.207 e. The maximum absolute atomic E-state index is 11.5. The van der Waals surface area contributed by atoms with Crippen molar-refractivity contribution in [3.05, 3.63) is 0 Å². The van der Waals surface area contributed by atoms with Gasteiger partial charge in [-0.2, -0.15) is 0 Å². The fourth-order valence-electron chi connectivity index (χ4n) is 0.734. The van der Waals surface area contributed by atoms with E-state index in [2.05, 4.69) is 5.32 Å². The Bertz CT molecular complexity index is 78.0. The molecule has 10 heavy (non-hydrogen) atoms. The van der Waals surface area contributed by atoms with Gasteiger partial charge in [-0.3, -0.25) is 9.18 Å². The molecule has 0 aliphatic carbocycles. The third-order valence-corrected chi connectivity index (χ3v) is 1.29. The van der Waals surface area contributed by atoms with Gasteiger partial charge in [0.25, 0.3) is 0 Å². The molecule has 0 aromatic heterocycles. The SMILES string of the molecule is O=CNCCCCCCF. The van der Waals surface area contributed by atoms with Crippen LogP contribution in [0.5, 0.6) is 0 Å². The molecule has 1 N–H and O–H groups in total. The van der Waals surface area contributed by atoms with Crippen molar-refractivity contribution in [3.63, 3.8) is 0 Å². The highest BCUT2D eigenvalue weighted by Crippen LogP contribution is 1.98. The fourth-order valence-corrected chi connectivity index (χ4v) is 0.734. The lowest BCUT2D eigenvalue weighted by Gasteiger charge is -1.96. The highest BCUT2D eigenvalue weighted by atomic mass is 19.1. The van der Waals surface area contributed by atoms with Gasteiger partial charge in [-0.05, 0) is 12.8 Å². The molecule has 0 bridgehead atoms. The zero-order valence-electron chi connectivity index (χ0n) is 6.11. The van der Waals surface area contributed by atoms with Gasteiger partial charge in [0.05, 0.1) is 6.67 Å². The first-order valence-electron chi connectivity index (χ1n) is 3.65. The molecule has 60 valence electrons. The van der Waals surface area contributed by atoms with Crippen molar-refractivity contribution in [2.24, 2.45) is 0 Å². The molecule has 0 saturated carbocycles. The van der Waals surface area contributed by atoms with E-state index in [1.54, 1.807) is 0 Å². The predicted molar refractivity (Wildman–Crippen MR) is 38.5 cm³/mol. The summed E-state index contributed by atoms with van der Waals surface area (Å²) in [6.45, 7) is 0.497. The molecule has 0 fully saturated rings. The molecular weight excluding hydrogens is 133 g/mol. The van der Waals surface area contributed by atoms with E-state index in [4.69, 9.17) is 0 Å². The summed E-state index contributed by atoms with van der Waals surface area (Å²) in [6, 6.07) is 0. The van der Waals surface area contributed by atoms with Gasteiger partial charge in [-0.25, -0.2) is 0 Å². The van der Waals surface area contributed by atoms with E-state index < -0.39 is 0 Å². The van der Waals surface area contributed by atoms with E-state index in [0.717, 1.165) is 25.8 Å². The molecule has 3 heteroatoms. The van der Waals surface area contributed by atoms with E-state index in [1.165, 1.54) is 0 Å². The Morgan fingerprint density at radius 3 is 2.50 bits per heavy atom. The summed E-state index contributed by atoms with van der Waals surface area (Å²) in [5.74, 6) is 0. The average molecular weight is 147 g/mol. The van der Waals surface area contributed by atoms with Crippen molar-refractivity contribution in [2.45, 2.75) is 25.7 Å². The van der Waals surface area contributed by atoms with Crippen LogP contribution in [0.25, 0.3) is 0 Å². The van der Waals surface area contributed by atoms with E-state index in [-0.39, 0.29) is 6.67 Å². The van der Waals surface area contributed by atoms with Crippen molar-refractivity contribution in [3.8, 4) is 0 Å². The van der Waals surface area contributed by atoms with E-state index in [0.29, 0.717) is 12.8 Å². The van der Waals surface area contributed by atoms with Crippen LogP contribution in [0.15, 0.2) is 0 Å². The Balaban J connectivity index is 2.70. The molecule has 1 amide bonds. The minimum atomic E-state index is -0.221. The summed E-state index contributed by atoms with van der Waals surface area (Å²) >= 11 is 0. The second-order valence-electron chi connectivity index (χ2n) is 2.18. The second-order valence-corrected chi connectivity index (χ2v) is 2.18. The van der Waals surface area contributed by atoms with Gasteiger partial charge in [0.1, 0.15) is 0 Å². The van der Waals surface area contributed by atoms with Gasteiger partial charge < -0.3 is 5.32 Å². The molecule has 0 saturated heterocycles. The zero-order valence-corrected chi connectivity index (χ0v) is 6.11. The first kappa shape index (κ1) is 9.40. The number of rotatable bonds is 7. The van der Waals surface area contributed by atoms with Crippen LogP contribution in [0.3, 0.4) is 0 Å². The number of halogens is 1. The molecule has 0 atom stereocenters. The molecular formula is C7H14FNO. The summed E-state index contributed by atoms with van der Waals surface area (Å²) in [5.41, 5.74) is 0. The van der Waals surface area contributed by atoms with Crippen molar-refractivity contribution in [1.82, 2.24) is 5.32 Å². The van der Waals surface area contributed by atoms with Crippen LogP contribution in [0.4, 0.5) is 4.39 Å². The van der Waals surface area contributed by atoms with E-state index in [9.17, 15) is 9.18 Å². The molecule has 0 aliphatic rings. The zero-order chi connectivity index (χ0) is 7.66. The molecule has 0 aliphatic heterocycles. The van der Waals surface area contributed by atoms with Crippen LogP contribution in [-0.4, -0.2) is 19.6 Å².